The summed E-state index contributed by atoms with van der Waals surface area (Å²) in [6, 6.07) is 8.36. The Balaban J connectivity index is 1.58. The molecule has 1 aliphatic heterocycles. The van der Waals surface area contributed by atoms with Gasteiger partial charge < -0.3 is 10.6 Å². The van der Waals surface area contributed by atoms with Crippen molar-refractivity contribution in [2.75, 3.05) is 32.0 Å². The Labute approximate surface area is 128 Å². The maximum absolute atomic E-state index is 12.1. The molecule has 1 saturated heterocycles. The molecule has 1 amide bonds. The summed E-state index contributed by atoms with van der Waals surface area (Å²) in [7, 11) is 2.01. The van der Waals surface area contributed by atoms with Crippen LogP contribution in [0.5, 0.6) is 0 Å². The largest absolute Gasteiger partial charge is 0.315 e. The van der Waals surface area contributed by atoms with Crippen LogP contribution in [0.15, 0.2) is 24.3 Å². The molecule has 21 heavy (non-hydrogen) atoms. The molecule has 2 aromatic rings. The smallest absolute Gasteiger partial charge is 0.240 e. The number of carbonyl (C=O) groups excluding carboxylic acids is 1. The highest BCUT2D eigenvalue weighted by Gasteiger charge is 2.20. The maximum atomic E-state index is 12.1. The number of hydrogen-bond acceptors (Lipinski definition) is 5. The van der Waals surface area contributed by atoms with E-state index in [1.807, 2.05) is 31.3 Å². The van der Waals surface area contributed by atoms with Crippen LogP contribution in [0, 0.1) is 0 Å². The third-order valence-electron chi connectivity index (χ3n) is 3.83. The molecule has 0 bridgehead atoms. The number of hydrogen-bond donors (Lipinski definition) is 2. The molecule has 1 aromatic heterocycles. The van der Waals surface area contributed by atoms with E-state index in [2.05, 4.69) is 20.5 Å². The first-order valence-corrected chi connectivity index (χ1v) is 8.10. The summed E-state index contributed by atoms with van der Waals surface area (Å²) in [6.45, 7) is 2.45. The van der Waals surface area contributed by atoms with Crippen molar-refractivity contribution >= 4 is 32.6 Å². The molecule has 1 aliphatic rings. The lowest BCUT2D eigenvalue weighted by Crippen LogP contribution is -2.46. The summed E-state index contributed by atoms with van der Waals surface area (Å²) in [5.74, 6) is 0.00197. The van der Waals surface area contributed by atoms with E-state index in [0.29, 0.717) is 17.7 Å². The highest BCUT2D eigenvalue weighted by atomic mass is 32.1. The topological polar surface area (TPSA) is 57.3 Å². The third kappa shape index (κ3) is 3.58. The first-order valence-electron chi connectivity index (χ1n) is 7.29. The van der Waals surface area contributed by atoms with Crippen LogP contribution < -0.4 is 10.6 Å². The second kappa shape index (κ2) is 6.51. The van der Waals surface area contributed by atoms with Crippen LogP contribution >= 0.6 is 11.3 Å². The zero-order valence-corrected chi connectivity index (χ0v) is 12.9. The highest BCUT2D eigenvalue weighted by molar-refractivity contribution is 7.22. The fraction of sp³-hybridized carbons (Fsp3) is 0.467. The van der Waals surface area contributed by atoms with Gasteiger partial charge in [-0.25, -0.2) is 4.98 Å². The van der Waals surface area contributed by atoms with Crippen molar-refractivity contribution in [3.8, 4) is 0 Å². The highest BCUT2D eigenvalue weighted by Crippen LogP contribution is 2.25. The van der Waals surface area contributed by atoms with Crippen LogP contribution in [0.25, 0.3) is 10.2 Å². The molecule has 112 valence electrons. The summed E-state index contributed by atoms with van der Waals surface area (Å²) < 4.78 is 1.10. The lowest BCUT2D eigenvalue weighted by Gasteiger charge is -2.31. The van der Waals surface area contributed by atoms with E-state index < -0.39 is 0 Å². The summed E-state index contributed by atoms with van der Waals surface area (Å²) in [4.78, 5) is 18.7. The molecule has 6 heteroatoms. The number of rotatable bonds is 4. The number of likely N-dealkylation sites (N-methyl/N-ethyl adjacent to an activating group) is 1. The number of para-hydroxylation sites is 1. The van der Waals surface area contributed by atoms with Gasteiger partial charge in [-0.05, 0) is 38.6 Å². The van der Waals surface area contributed by atoms with Gasteiger partial charge in [-0.15, -0.1) is 0 Å². The number of anilines is 1. The maximum Gasteiger partial charge on any atom is 0.240 e. The summed E-state index contributed by atoms with van der Waals surface area (Å²) in [6.07, 6.45) is 2.33. The van der Waals surface area contributed by atoms with E-state index in [1.165, 1.54) is 17.8 Å². The Morgan fingerprint density at radius 1 is 1.52 bits per heavy atom. The predicted octanol–water partition coefficient (Wildman–Crippen LogP) is 1.92. The first-order chi connectivity index (χ1) is 10.2. The standard InChI is InChI=1S/C15H20N4OS/c1-19(11-5-4-8-16-9-11)10-14(20)18-15-17-12-6-2-3-7-13(12)21-15/h2-3,6-7,11,16H,4-5,8-10H2,1H3,(H,17,18,20). The molecule has 0 spiro atoms. The van der Waals surface area contributed by atoms with Crippen LogP contribution in [0.2, 0.25) is 0 Å². The second-order valence-electron chi connectivity index (χ2n) is 5.45. The Morgan fingerprint density at radius 3 is 3.14 bits per heavy atom. The van der Waals surface area contributed by atoms with Crippen molar-refractivity contribution in [2.45, 2.75) is 18.9 Å². The van der Waals surface area contributed by atoms with Gasteiger partial charge in [0.25, 0.3) is 0 Å². The van der Waals surface area contributed by atoms with Crippen LogP contribution in [0.1, 0.15) is 12.8 Å². The second-order valence-corrected chi connectivity index (χ2v) is 6.48. The van der Waals surface area contributed by atoms with E-state index in [1.54, 1.807) is 0 Å². The van der Waals surface area contributed by atoms with Gasteiger partial charge in [-0.1, -0.05) is 23.5 Å². The number of fused-ring (bicyclic) bond motifs is 1. The first kappa shape index (κ1) is 14.4. The normalized spacial score (nSPS) is 19.0. The van der Waals surface area contributed by atoms with Crippen molar-refractivity contribution in [2.24, 2.45) is 0 Å². The van der Waals surface area contributed by atoms with Gasteiger partial charge in [0.2, 0.25) is 5.91 Å². The molecule has 1 aromatic carbocycles. The summed E-state index contributed by atoms with van der Waals surface area (Å²) in [5, 5.41) is 6.96. The Bertz CT molecular complexity index is 588. The predicted molar refractivity (Wildman–Crippen MR) is 86.8 cm³/mol. The Kier molecular flexibility index (Phi) is 4.48. The average Bonchev–Trinajstić information content (AvgIpc) is 2.90. The minimum atomic E-state index is 0.00197. The summed E-state index contributed by atoms with van der Waals surface area (Å²) >= 11 is 1.51. The van der Waals surface area contributed by atoms with Gasteiger partial charge in [-0.3, -0.25) is 9.69 Å². The van der Waals surface area contributed by atoms with E-state index in [4.69, 9.17) is 0 Å². The fourth-order valence-electron chi connectivity index (χ4n) is 2.65. The van der Waals surface area contributed by atoms with Gasteiger partial charge in [-0.2, -0.15) is 0 Å². The van der Waals surface area contributed by atoms with E-state index in [-0.39, 0.29) is 5.91 Å². The number of piperidine rings is 1. The molecule has 0 saturated carbocycles. The molecule has 1 atom stereocenters. The summed E-state index contributed by atoms with van der Waals surface area (Å²) in [5.41, 5.74) is 0.933. The molecule has 0 radical (unpaired) electrons. The SMILES string of the molecule is CN(CC(=O)Nc1nc2ccccc2s1)C1CCCNC1. The molecule has 1 fully saturated rings. The monoisotopic (exact) mass is 304 g/mol. The minimum absolute atomic E-state index is 0.00197. The van der Waals surface area contributed by atoms with Gasteiger partial charge in [0.05, 0.1) is 16.8 Å². The van der Waals surface area contributed by atoms with Crippen molar-refractivity contribution in [3.05, 3.63) is 24.3 Å². The zero-order valence-electron chi connectivity index (χ0n) is 12.1. The van der Waals surface area contributed by atoms with Crippen molar-refractivity contribution in [3.63, 3.8) is 0 Å². The Hall–Kier alpha value is -1.50. The van der Waals surface area contributed by atoms with E-state index in [0.717, 1.165) is 29.7 Å². The molecule has 0 aliphatic carbocycles. The van der Waals surface area contributed by atoms with Gasteiger partial charge in [0, 0.05) is 12.6 Å². The zero-order chi connectivity index (χ0) is 14.7. The number of nitrogens with one attached hydrogen (secondary N) is 2. The molecule has 5 nitrogen and oxygen atoms in total. The fourth-order valence-corrected chi connectivity index (χ4v) is 3.53. The van der Waals surface area contributed by atoms with Crippen LogP contribution in [-0.2, 0) is 4.79 Å². The molecular formula is C15H20N4OS. The number of aromatic nitrogens is 1. The van der Waals surface area contributed by atoms with Gasteiger partial charge >= 0.3 is 0 Å². The molecule has 2 heterocycles. The van der Waals surface area contributed by atoms with Crippen molar-refractivity contribution in [1.82, 2.24) is 15.2 Å². The molecule has 3 rings (SSSR count). The lowest BCUT2D eigenvalue weighted by atomic mass is 10.1. The molecule has 2 N–H and O–H groups in total. The number of amides is 1. The van der Waals surface area contributed by atoms with E-state index in [9.17, 15) is 4.79 Å². The number of thiazole rings is 1. The van der Waals surface area contributed by atoms with Crippen molar-refractivity contribution < 1.29 is 4.79 Å². The molecular weight excluding hydrogens is 284 g/mol. The number of nitrogens with zero attached hydrogens (tertiary/aromatic N) is 2. The quantitative estimate of drug-likeness (QED) is 0.906. The van der Waals surface area contributed by atoms with Gasteiger partial charge in [0.1, 0.15) is 0 Å². The molecule has 1 unspecified atom stereocenters. The van der Waals surface area contributed by atoms with Gasteiger partial charge in [0.15, 0.2) is 5.13 Å². The van der Waals surface area contributed by atoms with Crippen LogP contribution in [0.4, 0.5) is 5.13 Å². The third-order valence-corrected chi connectivity index (χ3v) is 4.78. The minimum Gasteiger partial charge on any atom is -0.315 e. The van der Waals surface area contributed by atoms with Crippen LogP contribution in [-0.4, -0.2) is 48.5 Å². The lowest BCUT2D eigenvalue weighted by molar-refractivity contribution is -0.117. The van der Waals surface area contributed by atoms with Crippen molar-refractivity contribution in [1.29, 1.82) is 0 Å². The van der Waals surface area contributed by atoms with Crippen LogP contribution in [0.3, 0.4) is 0 Å². The number of benzene rings is 1. The van der Waals surface area contributed by atoms with E-state index >= 15 is 0 Å². The average molecular weight is 304 g/mol. The number of carbonyl (C=O) groups is 1. The Morgan fingerprint density at radius 2 is 2.38 bits per heavy atom.